The quantitative estimate of drug-likeness (QED) is 0.191. The molecule has 7 rings (SSSR count). The smallest absolute Gasteiger partial charge is 0.288 e. The fraction of sp³-hybridized carbons (Fsp3) is 0.436. The number of benzene rings is 3. The number of allylic oxidation sites excluding steroid dienone is 1. The minimum absolute atomic E-state index is 0.0474. The summed E-state index contributed by atoms with van der Waals surface area (Å²) in [6.45, 7) is 6.65. The first-order chi connectivity index (χ1) is 20.9. The van der Waals surface area contributed by atoms with Crippen LogP contribution in [-0.2, 0) is 14.0 Å². The third kappa shape index (κ3) is 4.16. The average molecular weight is 589 g/mol. The van der Waals surface area contributed by atoms with E-state index in [2.05, 4.69) is 105 Å². The van der Waals surface area contributed by atoms with E-state index in [1.54, 1.807) is 0 Å². The largest absolute Gasteiger partial charge is 0.401 e. The van der Waals surface area contributed by atoms with Gasteiger partial charge in [0.05, 0.1) is 11.5 Å². The maximum Gasteiger partial charge on any atom is 0.288 e. The Labute approximate surface area is 257 Å². The molecule has 3 aromatic carbocycles. The van der Waals surface area contributed by atoms with Gasteiger partial charge in [-0.3, -0.25) is 4.79 Å². The highest BCUT2D eigenvalue weighted by Gasteiger charge is 2.63. The Balaban J connectivity index is 1.30. The Bertz CT molecular complexity index is 1440. The molecule has 0 spiro atoms. The van der Waals surface area contributed by atoms with Crippen molar-refractivity contribution >= 4 is 35.9 Å². The zero-order valence-electron chi connectivity index (χ0n) is 25.8. The SMILES string of the molecule is CC1=C2CC[C@H]3[C@@H]4CC[C@H](O[Si](c5ccccc5)(c5ccccc5)c5ccccc5)[C@@]4(C)CC[C@@H]3[C@@]2(C=O)[C@@H](C)CC1=O. The summed E-state index contributed by atoms with van der Waals surface area (Å²) in [5, 5.41) is 3.87. The lowest BCUT2D eigenvalue weighted by molar-refractivity contribution is -0.136. The third-order valence-corrected chi connectivity index (χ3v) is 16.5. The maximum absolute atomic E-state index is 13.2. The van der Waals surface area contributed by atoms with Crippen molar-refractivity contribution in [2.45, 2.75) is 71.8 Å². The van der Waals surface area contributed by atoms with Crippen molar-refractivity contribution in [3.05, 3.63) is 102 Å². The highest BCUT2D eigenvalue weighted by molar-refractivity contribution is 7.07. The van der Waals surface area contributed by atoms with Gasteiger partial charge in [-0.1, -0.05) is 105 Å². The number of ketones is 1. The molecule has 0 unspecified atom stereocenters. The molecule has 0 heterocycles. The van der Waals surface area contributed by atoms with E-state index in [0.29, 0.717) is 24.2 Å². The Morgan fingerprint density at radius 1 is 0.791 bits per heavy atom. The number of aldehydes is 1. The summed E-state index contributed by atoms with van der Waals surface area (Å²) < 4.78 is 7.84. The average Bonchev–Trinajstić information content (AvgIpc) is 3.39. The van der Waals surface area contributed by atoms with E-state index < -0.39 is 13.7 Å². The molecule has 0 N–H and O–H groups in total. The van der Waals surface area contributed by atoms with Crippen LogP contribution in [0.3, 0.4) is 0 Å². The van der Waals surface area contributed by atoms with E-state index in [1.807, 2.05) is 6.92 Å². The summed E-state index contributed by atoms with van der Waals surface area (Å²) in [6, 6.07) is 32.9. The van der Waals surface area contributed by atoms with Crippen LogP contribution >= 0.6 is 0 Å². The monoisotopic (exact) mass is 588 g/mol. The minimum Gasteiger partial charge on any atom is -0.401 e. The van der Waals surface area contributed by atoms with E-state index in [1.165, 1.54) is 27.4 Å². The van der Waals surface area contributed by atoms with Crippen LogP contribution in [0.1, 0.15) is 65.7 Å². The molecular formula is C39H44O3Si. The number of hydrogen-bond acceptors (Lipinski definition) is 3. The van der Waals surface area contributed by atoms with Gasteiger partial charge in [-0.05, 0) is 101 Å². The zero-order chi connectivity index (χ0) is 29.8. The van der Waals surface area contributed by atoms with Crippen molar-refractivity contribution in [3.63, 3.8) is 0 Å². The molecule has 0 saturated heterocycles. The van der Waals surface area contributed by atoms with Gasteiger partial charge in [0.1, 0.15) is 6.29 Å². The van der Waals surface area contributed by atoms with E-state index in [9.17, 15) is 9.59 Å². The van der Waals surface area contributed by atoms with Crippen LogP contribution in [0.4, 0.5) is 0 Å². The van der Waals surface area contributed by atoms with Crippen LogP contribution in [0.5, 0.6) is 0 Å². The first-order valence-corrected chi connectivity index (χ1v) is 18.3. The number of rotatable bonds is 6. The molecule has 7 atom stereocenters. The van der Waals surface area contributed by atoms with E-state index in [0.717, 1.165) is 44.1 Å². The van der Waals surface area contributed by atoms with Crippen molar-refractivity contribution in [3.8, 4) is 0 Å². The molecule has 3 saturated carbocycles. The van der Waals surface area contributed by atoms with Crippen LogP contribution < -0.4 is 15.6 Å². The van der Waals surface area contributed by atoms with Gasteiger partial charge in [-0.2, -0.15) is 0 Å². The lowest BCUT2D eigenvalue weighted by Crippen LogP contribution is -2.71. The summed E-state index contributed by atoms with van der Waals surface area (Å²) in [5.41, 5.74) is 1.63. The Morgan fingerprint density at radius 3 is 1.88 bits per heavy atom. The van der Waals surface area contributed by atoms with Gasteiger partial charge < -0.3 is 9.22 Å². The summed E-state index contributed by atoms with van der Waals surface area (Å²) in [7, 11) is -2.83. The molecule has 3 fully saturated rings. The van der Waals surface area contributed by atoms with Gasteiger partial charge in [0.25, 0.3) is 8.32 Å². The number of fused-ring (bicyclic) bond motifs is 5. The first-order valence-electron chi connectivity index (χ1n) is 16.4. The van der Waals surface area contributed by atoms with Crippen LogP contribution in [-0.4, -0.2) is 26.5 Å². The third-order valence-electron chi connectivity index (χ3n) is 12.4. The van der Waals surface area contributed by atoms with Crippen LogP contribution in [0, 0.1) is 34.5 Å². The molecular weight excluding hydrogens is 545 g/mol. The fourth-order valence-electron chi connectivity index (χ4n) is 10.3. The molecule has 222 valence electrons. The predicted octanol–water partition coefficient (Wildman–Crippen LogP) is 6.39. The van der Waals surface area contributed by atoms with Crippen LogP contribution in [0.2, 0.25) is 0 Å². The number of carbonyl (C=O) groups is 2. The molecule has 0 aromatic heterocycles. The standard InChI is InChI=1S/C39H44O3Si/c1-27-25-36(41)28(2)33-20-19-32-34-21-22-37(38(34,3)24-23-35(32)39(27,33)26-40)42-43(29-13-7-4-8-14-29,30-15-9-5-10-16-30)31-17-11-6-12-18-31/h4-18,26-27,32,34-35,37H,19-25H2,1-3H3/t27-,32-,34-,35-,37-,38-,39-/m0/s1. The molecule has 43 heavy (non-hydrogen) atoms. The lowest BCUT2D eigenvalue weighted by atomic mass is 9.44. The van der Waals surface area contributed by atoms with Crippen LogP contribution in [0.25, 0.3) is 0 Å². The van der Waals surface area contributed by atoms with Crippen molar-refractivity contribution in [2.75, 3.05) is 0 Å². The maximum atomic E-state index is 13.2. The molecule has 3 nitrogen and oxygen atoms in total. The van der Waals surface area contributed by atoms with Gasteiger partial charge in [0.15, 0.2) is 5.78 Å². The summed E-state index contributed by atoms with van der Waals surface area (Å²) >= 11 is 0. The minimum atomic E-state index is -2.83. The van der Waals surface area contributed by atoms with Gasteiger partial charge in [-0.25, -0.2) is 0 Å². The van der Waals surface area contributed by atoms with Gasteiger partial charge in [0.2, 0.25) is 0 Å². The summed E-state index contributed by atoms with van der Waals surface area (Å²) in [6.07, 6.45) is 8.18. The molecule has 4 aliphatic rings. The Kier molecular flexibility index (Phi) is 7.21. The van der Waals surface area contributed by atoms with Gasteiger partial charge >= 0.3 is 0 Å². The molecule has 3 aromatic rings. The van der Waals surface area contributed by atoms with Crippen molar-refractivity contribution in [1.29, 1.82) is 0 Å². The zero-order valence-corrected chi connectivity index (χ0v) is 26.8. The molecule has 4 aliphatic carbocycles. The Morgan fingerprint density at radius 2 is 1.35 bits per heavy atom. The molecule has 0 bridgehead atoms. The number of Topliss-reactive ketones (excluding diaryl/α,β-unsaturated/α-hetero) is 1. The van der Waals surface area contributed by atoms with Gasteiger partial charge in [0, 0.05) is 6.42 Å². The topological polar surface area (TPSA) is 43.4 Å². The lowest BCUT2D eigenvalue weighted by Gasteiger charge is -2.59. The normalized spacial score (nSPS) is 33.8. The number of carbonyl (C=O) groups excluding carboxylic acids is 2. The second kappa shape index (κ2) is 10.8. The molecule has 0 radical (unpaired) electrons. The second-order valence-electron chi connectivity index (χ2n) is 14.1. The van der Waals surface area contributed by atoms with Crippen LogP contribution in [0.15, 0.2) is 102 Å². The van der Waals surface area contributed by atoms with Crippen molar-refractivity contribution < 1.29 is 14.0 Å². The van der Waals surface area contributed by atoms with Crippen molar-refractivity contribution in [2.24, 2.45) is 34.5 Å². The van der Waals surface area contributed by atoms with Gasteiger partial charge in [-0.15, -0.1) is 0 Å². The van der Waals surface area contributed by atoms with E-state index in [4.69, 9.17) is 4.43 Å². The van der Waals surface area contributed by atoms with E-state index >= 15 is 0 Å². The number of hydrogen-bond donors (Lipinski definition) is 0. The molecule has 0 amide bonds. The van der Waals surface area contributed by atoms with E-state index in [-0.39, 0.29) is 23.2 Å². The highest BCUT2D eigenvalue weighted by Crippen LogP contribution is 2.66. The summed E-state index contributed by atoms with van der Waals surface area (Å²) in [4.78, 5) is 26.0. The second-order valence-corrected chi connectivity index (χ2v) is 17.4. The van der Waals surface area contributed by atoms with Crippen molar-refractivity contribution in [1.82, 2.24) is 0 Å². The Hall–Kier alpha value is -3.08. The first kappa shape index (κ1) is 28.7. The molecule has 4 heteroatoms. The fourth-order valence-corrected chi connectivity index (χ4v) is 14.5. The predicted molar refractivity (Wildman–Crippen MR) is 175 cm³/mol. The summed E-state index contributed by atoms with van der Waals surface area (Å²) in [5.74, 6) is 1.66. The molecule has 0 aliphatic heterocycles. The highest BCUT2D eigenvalue weighted by atomic mass is 28.4.